The first kappa shape index (κ1) is 15.7. The quantitative estimate of drug-likeness (QED) is 0.765. The van der Waals surface area contributed by atoms with Crippen LogP contribution in [-0.2, 0) is 11.2 Å². The van der Waals surface area contributed by atoms with Gasteiger partial charge in [-0.15, -0.1) is 6.42 Å². The van der Waals surface area contributed by atoms with Gasteiger partial charge in [-0.25, -0.2) is 0 Å². The van der Waals surface area contributed by atoms with Crippen molar-refractivity contribution in [1.82, 2.24) is 5.32 Å². The summed E-state index contributed by atoms with van der Waals surface area (Å²) in [6, 6.07) is 3.64. The molecule has 0 atom stereocenters. The van der Waals surface area contributed by atoms with Gasteiger partial charge in [0.1, 0.15) is 0 Å². The Balaban J connectivity index is 2.85. The van der Waals surface area contributed by atoms with Gasteiger partial charge in [0.25, 0.3) is 0 Å². The Bertz CT molecular complexity index is 505. The van der Waals surface area contributed by atoms with Gasteiger partial charge in [0.15, 0.2) is 11.5 Å². The minimum Gasteiger partial charge on any atom is -0.493 e. The van der Waals surface area contributed by atoms with Crippen LogP contribution < -0.4 is 19.5 Å². The topological polar surface area (TPSA) is 56.8 Å². The molecule has 108 valence electrons. The molecule has 1 N–H and O–H groups in total. The zero-order valence-corrected chi connectivity index (χ0v) is 12.0. The average molecular weight is 277 g/mol. The van der Waals surface area contributed by atoms with Gasteiger partial charge in [-0.1, -0.05) is 12.0 Å². The SMILES string of the molecule is C#CCNC(=O)CCc1ccc(OC)c(OC)c1OC. The third kappa shape index (κ3) is 3.82. The van der Waals surface area contributed by atoms with E-state index >= 15 is 0 Å². The molecular weight excluding hydrogens is 258 g/mol. The van der Waals surface area contributed by atoms with Crippen molar-refractivity contribution in [3.8, 4) is 29.6 Å². The number of amides is 1. The molecule has 0 heterocycles. The number of benzene rings is 1. The lowest BCUT2D eigenvalue weighted by Crippen LogP contribution is -2.23. The van der Waals surface area contributed by atoms with Crippen molar-refractivity contribution in [3.05, 3.63) is 17.7 Å². The Morgan fingerprint density at radius 2 is 1.90 bits per heavy atom. The first-order valence-electron chi connectivity index (χ1n) is 6.15. The number of rotatable bonds is 7. The van der Waals surface area contributed by atoms with Gasteiger partial charge in [-0.05, 0) is 18.1 Å². The lowest BCUT2D eigenvalue weighted by Gasteiger charge is -2.15. The van der Waals surface area contributed by atoms with Crippen molar-refractivity contribution in [2.24, 2.45) is 0 Å². The van der Waals surface area contributed by atoms with Gasteiger partial charge in [-0.3, -0.25) is 4.79 Å². The zero-order valence-electron chi connectivity index (χ0n) is 12.0. The molecular formula is C15H19NO4. The maximum absolute atomic E-state index is 11.5. The normalized spacial score (nSPS) is 9.50. The molecule has 0 aliphatic rings. The number of hydrogen-bond acceptors (Lipinski definition) is 4. The lowest BCUT2D eigenvalue weighted by molar-refractivity contribution is -0.120. The molecule has 0 unspecified atom stereocenters. The number of methoxy groups -OCH3 is 3. The van der Waals surface area contributed by atoms with E-state index in [9.17, 15) is 4.79 Å². The van der Waals surface area contributed by atoms with Gasteiger partial charge < -0.3 is 19.5 Å². The fraction of sp³-hybridized carbons (Fsp3) is 0.400. The van der Waals surface area contributed by atoms with Gasteiger partial charge in [-0.2, -0.15) is 0 Å². The standard InChI is InChI=1S/C15H19NO4/c1-5-10-16-13(17)9-7-11-6-8-12(18-2)15(20-4)14(11)19-3/h1,6,8H,7,9-10H2,2-4H3,(H,16,17). The summed E-state index contributed by atoms with van der Waals surface area (Å²) in [6.07, 6.45) is 5.94. The highest BCUT2D eigenvalue weighted by molar-refractivity contribution is 5.76. The summed E-state index contributed by atoms with van der Waals surface area (Å²) in [5.74, 6) is 3.95. The Morgan fingerprint density at radius 1 is 1.20 bits per heavy atom. The van der Waals surface area contributed by atoms with Crippen LogP contribution >= 0.6 is 0 Å². The van der Waals surface area contributed by atoms with E-state index in [-0.39, 0.29) is 12.5 Å². The molecule has 0 saturated heterocycles. The number of hydrogen-bond donors (Lipinski definition) is 1. The maximum Gasteiger partial charge on any atom is 0.221 e. The van der Waals surface area contributed by atoms with E-state index in [0.717, 1.165) is 5.56 Å². The van der Waals surface area contributed by atoms with Crippen molar-refractivity contribution in [2.45, 2.75) is 12.8 Å². The van der Waals surface area contributed by atoms with E-state index in [1.165, 1.54) is 0 Å². The molecule has 0 bridgehead atoms. The van der Waals surface area contributed by atoms with Crippen LogP contribution in [0.4, 0.5) is 0 Å². The van der Waals surface area contributed by atoms with E-state index in [1.807, 2.05) is 6.07 Å². The van der Waals surface area contributed by atoms with E-state index in [0.29, 0.717) is 30.1 Å². The highest BCUT2D eigenvalue weighted by atomic mass is 16.5. The van der Waals surface area contributed by atoms with Crippen LogP contribution in [0, 0.1) is 12.3 Å². The summed E-state index contributed by atoms with van der Waals surface area (Å²) in [6.45, 7) is 0.238. The molecule has 0 spiro atoms. The van der Waals surface area contributed by atoms with Gasteiger partial charge in [0, 0.05) is 6.42 Å². The average Bonchev–Trinajstić information content (AvgIpc) is 2.49. The molecule has 5 heteroatoms. The van der Waals surface area contributed by atoms with E-state index < -0.39 is 0 Å². The van der Waals surface area contributed by atoms with Crippen LogP contribution in [0.1, 0.15) is 12.0 Å². The van der Waals surface area contributed by atoms with Crippen molar-refractivity contribution >= 4 is 5.91 Å². The van der Waals surface area contributed by atoms with Crippen LogP contribution in [0.3, 0.4) is 0 Å². The molecule has 0 fully saturated rings. The molecule has 0 aromatic heterocycles. The Hall–Kier alpha value is -2.35. The summed E-state index contributed by atoms with van der Waals surface area (Å²) < 4.78 is 15.9. The predicted octanol–water partition coefficient (Wildman–Crippen LogP) is 1.39. The summed E-state index contributed by atoms with van der Waals surface area (Å²) in [7, 11) is 4.66. The predicted molar refractivity (Wildman–Crippen MR) is 76.3 cm³/mol. The number of carbonyl (C=O) groups excluding carboxylic acids is 1. The van der Waals surface area contributed by atoms with Crippen LogP contribution in [0.15, 0.2) is 12.1 Å². The molecule has 0 aliphatic carbocycles. The van der Waals surface area contributed by atoms with E-state index in [2.05, 4.69) is 11.2 Å². The van der Waals surface area contributed by atoms with Gasteiger partial charge in [0.05, 0.1) is 27.9 Å². The van der Waals surface area contributed by atoms with Crippen LogP contribution in [-0.4, -0.2) is 33.8 Å². The van der Waals surface area contributed by atoms with Gasteiger partial charge in [0.2, 0.25) is 11.7 Å². The second kappa shape index (κ2) is 7.95. The number of aryl methyl sites for hydroxylation is 1. The molecule has 0 aliphatic heterocycles. The Morgan fingerprint density at radius 3 is 2.45 bits per heavy atom. The number of terminal acetylenes is 1. The number of ether oxygens (including phenoxy) is 3. The van der Waals surface area contributed by atoms with E-state index in [1.54, 1.807) is 27.4 Å². The minimum atomic E-state index is -0.0974. The fourth-order valence-electron chi connectivity index (χ4n) is 1.85. The molecule has 0 saturated carbocycles. The second-order valence-electron chi connectivity index (χ2n) is 3.97. The van der Waals surface area contributed by atoms with Gasteiger partial charge >= 0.3 is 0 Å². The van der Waals surface area contributed by atoms with Crippen LogP contribution in [0.2, 0.25) is 0 Å². The maximum atomic E-state index is 11.5. The number of carbonyl (C=O) groups is 1. The van der Waals surface area contributed by atoms with Crippen molar-refractivity contribution in [2.75, 3.05) is 27.9 Å². The lowest BCUT2D eigenvalue weighted by atomic mass is 10.1. The molecule has 5 nitrogen and oxygen atoms in total. The third-order valence-electron chi connectivity index (χ3n) is 2.79. The largest absolute Gasteiger partial charge is 0.493 e. The summed E-state index contributed by atoms with van der Waals surface area (Å²) in [5, 5.41) is 2.62. The first-order valence-corrected chi connectivity index (χ1v) is 6.15. The molecule has 0 radical (unpaired) electrons. The monoisotopic (exact) mass is 277 g/mol. The minimum absolute atomic E-state index is 0.0974. The van der Waals surface area contributed by atoms with Crippen molar-refractivity contribution < 1.29 is 19.0 Å². The smallest absolute Gasteiger partial charge is 0.221 e. The summed E-state index contributed by atoms with van der Waals surface area (Å²) in [4.78, 5) is 11.5. The zero-order chi connectivity index (χ0) is 15.0. The van der Waals surface area contributed by atoms with E-state index in [4.69, 9.17) is 20.6 Å². The fourth-order valence-corrected chi connectivity index (χ4v) is 1.85. The van der Waals surface area contributed by atoms with Crippen LogP contribution in [0.25, 0.3) is 0 Å². The second-order valence-corrected chi connectivity index (χ2v) is 3.97. The summed E-state index contributed by atoms with van der Waals surface area (Å²) >= 11 is 0. The molecule has 1 aromatic rings. The highest BCUT2D eigenvalue weighted by Gasteiger charge is 2.16. The van der Waals surface area contributed by atoms with Crippen LogP contribution in [0.5, 0.6) is 17.2 Å². The molecule has 1 amide bonds. The molecule has 1 rings (SSSR count). The highest BCUT2D eigenvalue weighted by Crippen LogP contribution is 2.40. The van der Waals surface area contributed by atoms with Crippen molar-refractivity contribution in [1.29, 1.82) is 0 Å². The van der Waals surface area contributed by atoms with Crippen molar-refractivity contribution in [3.63, 3.8) is 0 Å². The molecule has 20 heavy (non-hydrogen) atoms. The first-order chi connectivity index (χ1) is 9.67. The Labute approximate surface area is 119 Å². The number of nitrogens with one attached hydrogen (secondary N) is 1. The third-order valence-corrected chi connectivity index (χ3v) is 2.79. The molecule has 1 aromatic carbocycles. The summed E-state index contributed by atoms with van der Waals surface area (Å²) in [5.41, 5.74) is 0.876. The Kier molecular flexibility index (Phi) is 6.24.